The number of nitrogens with one attached hydrogen (secondary N) is 1. The minimum Gasteiger partial charge on any atom is -0.481 e. The summed E-state index contributed by atoms with van der Waals surface area (Å²) >= 11 is 0. The zero-order valence-corrected chi connectivity index (χ0v) is 11.4. The molecule has 0 spiro atoms. The Morgan fingerprint density at radius 1 is 1.24 bits per heavy atom. The molecule has 2 aromatic rings. The Morgan fingerprint density at radius 2 is 1.86 bits per heavy atom. The van der Waals surface area contributed by atoms with E-state index < -0.39 is 11.7 Å². The number of carbonyl (C=O) groups is 1. The summed E-state index contributed by atoms with van der Waals surface area (Å²) < 4.78 is 23.2. The summed E-state index contributed by atoms with van der Waals surface area (Å²) in [6.07, 6.45) is 0.977. The predicted molar refractivity (Wildman–Crippen MR) is 73.3 cm³/mol. The molecule has 2 heterocycles. The number of anilines is 2. The van der Waals surface area contributed by atoms with Gasteiger partial charge >= 0.3 is 0 Å². The summed E-state index contributed by atoms with van der Waals surface area (Å²) in [5, 5.41) is 2.85. The second-order valence-corrected chi connectivity index (χ2v) is 3.98. The molecule has 0 saturated heterocycles. The molecular weight excluding hydrogens is 279 g/mol. The first kappa shape index (κ1) is 14.5. The summed E-state index contributed by atoms with van der Waals surface area (Å²) in [6, 6.07) is 4.14. The van der Waals surface area contributed by atoms with Gasteiger partial charge in [0.2, 0.25) is 11.8 Å². The molecule has 0 unspecified atom stereocenters. The van der Waals surface area contributed by atoms with Crippen LogP contribution >= 0.6 is 0 Å². The molecule has 3 N–H and O–H groups in total. The van der Waals surface area contributed by atoms with Gasteiger partial charge in [0.1, 0.15) is 11.6 Å². The van der Waals surface area contributed by atoms with Gasteiger partial charge < -0.3 is 20.5 Å². The van der Waals surface area contributed by atoms with Crippen LogP contribution in [0.25, 0.3) is 0 Å². The highest BCUT2D eigenvalue weighted by atomic mass is 19.1. The van der Waals surface area contributed by atoms with E-state index in [4.69, 9.17) is 15.2 Å². The van der Waals surface area contributed by atoms with E-state index in [-0.39, 0.29) is 11.4 Å². The van der Waals surface area contributed by atoms with Gasteiger partial charge in [-0.15, -0.1) is 0 Å². The lowest BCUT2D eigenvalue weighted by Crippen LogP contribution is -2.14. The summed E-state index contributed by atoms with van der Waals surface area (Å²) in [7, 11) is 2.91. The quantitative estimate of drug-likeness (QED) is 0.865. The van der Waals surface area contributed by atoms with Crippen molar-refractivity contribution >= 4 is 17.4 Å². The maximum absolute atomic E-state index is 13.1. The van der Waals surface area contributed by atoms with Crippen molar-refractivity contribution in [2.75, 3.05) is 19.5 Å². The van der Waals surface area contributed by atoms with Crippen molar-refractivity contribution in [2.45, 2.75) is 0 Å². The number of amides is 1. The number of aromatic nitrogens is 2. The molecule has 7 nitrogen and oxygen atoms in total. The molecule has 110 valence electrons. The summed E-state index contributed by atoms with van der Waals surface area (Å²) in [5.74, 6) is -0.713. The molecule has 0 aliphatic heterocycles. The van der Waals surface area contributed by atoms with E-state index in [1.807, 2.05) is 0 Å². The van der Waals surface area contributed by atoms with E-state index in [0.29, 0.717) is 17.4 Å². The third-order valence-electron chi connectivity index (χ3n) is 2.58. The lowest BCUT2D eigenvalue weighted by Gasteiger charge is -2.11. The largest absolute Gasteiger partial charge is 0.481 e. The Bertz CT molecular complexity index is 656. The molecule has 0 fully saturated rings. The molecule has 0 aliphatic carbocycles. The molecule has 0 aromatic carbocycles. The molecule has 0 saturated carbocycles. The van der Waals surface area contributed by atoms with Crippen LogP contribution in [0.1, 0.15) is 10.4 Å². The second-order valence-electron chi connectivity index (χ2n) is 3.98. The molecule has 2 rings (SSSR count). The number of ether oxygens (including phenoxy) is 2. The number of methoxy groups -OCH3 is 2. The van der Waals surface area contributed by atoms with Gasteiger partial charge in [0.05, 0.1) is 31.7 Å². The topological polar surface area (TPSA) is 99.4 Å². The average Bonchev–Trinajstić information content (AvgIpc) is 2.48. The van der Waals surface area contributed by atoms with E-state index >= 15 is 0 Å². The lowest BCUT2D eigenvalue weighted by molar-refractivity contribution is 0.100. The molecule has 0 atom stereocenters. The number of pyridine rings is 2. The highest BCUT2D eigenvalue weighted by Crippen LogP contribution is 2.25. The van der Waals surface area contributed by atoms with E-state index in [9.17, 15) is 9.18 Å². The Kier molecular flexibility index (Phi) is 4.17. The Labute approximate surface area is 119 Å². The fourth-order valence-electron chi connectivity index (χ4n) is 1.63. The Hall–Kier alpha value is -2.90. The first-order valence-corrected chi connectivity index (χ1v) is 5.86. The van der Waals surface area contributed by atoms with Crippen molar-refractivity contribution in [3.05, 3.63) is 35.8 Å². The summed E-state index contributed by atoms with van der Waals surface area (Å²) in [4.78, 5) is 19.2. The van der Waals surface area contributed by atoms with Crippen LogP contribution in [0.4, 0.5) is 15.9 Å². The smallest absolute Gasteiger partial charge is 0.252 e. The fraction of sp³-hybridized carbons (Fsp3) is 0.154. The number of hydrogen-bond acceptors (Lipinski definition) is 6. The number of rotatable bonds is 5. The molecular formula is C13H13FN4O3. The normalized spacial score (nSPS) is 10.0. The maximum Gasteiger partial charge on any atom is 0.252 e. The van der Waals surface area contributed by atoms with Gasteiger partial charge in [-0.25, -0.2) is 9.37 Å². The molecule has 8 heteroatoms. The Balaban J connectivity index is 2.40. The second kappa shape index (κ2) is 6.04. The van der Waals surface area contributed by atoms with Gasteiger partial charge in [-0.3, -0.25) is 4.79 Å². The molecule has 1 amide bonds. The van der Waals surface area contributed by atoms with Gasteiger partial charge in [0, 0.05) is 12.1 Å². The number of nitrogens with two attached hydrogens (primary N) is 1. The van der Waals surface area contributed by atoms with E-state index in [0.717, 1.165) is 12.3 Å². The summed E-state index contributed by atoms with van der Waals surface area (Å²) in [5.41, 5.74) is 5.64. The van der Waals surface area contributed by atoms with Crippen molar-refractivity contribution in [1.29, 1.82) is 0 Å². The van der Waals surface area contributed by atoms with Gasteiger partial charge in [-0.2, -0.15) is 4.98 Å². The van der Waals surface area contributed by atoms with Crippen molar-refractivity contribution in [2.24, 2.45) is 5.73 Å². The lowest BCUT2D eigenvalue weighted by atomic mass is 10.2. The zero-order valence-electron chi connectivity index (χ0n) is 11.4. The molecule has 0 radical (unpaired) electrons. The van der Waals surface area contributed by atoms with E-state index in [1.54, 1.807) is 12.1 Å². The number of nitrogens with zero attached hydrogens (tertiary/aromatic N) is 2. The van der Waals surface area contributed by atoms with Crippen LogP contribution in [0, 0.1) is 5.82 Å². The van der Waals surface area contributed by atoms with Gasteiger partial charge in [-0.05, 0) is 6.07 Å². The minimum atomic E-state index is -0.794. The van der Waals surface area contributed by atoms with Crippen molar-refractivity contribution in [3.8, 4) is 11.8 Å². The van der Waals surface area contributed by atoms with E-state index in [1.165, 1.54) is 14.2 Å². The first-order chi connectivity index (χ1) is 10.0. The molecule has 21 heavy (non-hydrogen) atoms. The van der Waals surface area contributed by atoms with Crippen LogP contribution in [-0.2, 0) is 0 Å². The van der Waals surface area contributed by atoms with Gasteiger partial charge in [-0.1, -0.05) is 0 Å². The number of hydrogen-bond donors (Lipinski definition) is 2. The van der Waals surface area contributed by atoms with Crippen LogP contribution < -0.4 is 20.5 Å². The van der Waals surface area contributed by atoms with Crippen molar-refractivity contribution in [3.63, 3.8) is 0 Å². The highest BCUT2D eigenvalue weighted by Gasteiger charge is 2.12. The third kappa shape index (κ3) is 3.35. The number of halogens is 1. The molecule has 0 bridgehead atoms. The number of carbonyl (C=O) groups excluding carboxylic acids is 1. The van der Waals surface area contributed by atoms with Crippen LogP contribution in [0.15, 0.2) is 24.4 Å². The first-order valence-electron chi connectivity index (χ1n) is 5.86. The monoisotopic (exact) mass is 292 g/mol. The highest BCUT2D eigenvalue weighted by molar-refractivity contribution is 5.98. The molecule has 2 aromatic heterocycles. The maximum atomic E-state index is 13.1. The van der Waals surface area contributed by atoms with Gasteiger partial charge in [0.25, 0.3) is 5.91 Å². The average molecular weight is 292 g/mol. The fourth-order valence-corrected chi connectivity index (χ4v) is 1.63. The van der Waals surface area contributed by atoms with Crippen LogP contribution in [-0.4, -0.2) is 30.1 Å². The van der Waals surface area contributed by atoms with Gasteiger partial charge in [0.15, 0.2) is 0 Å². The summed E-state index contributed by atoms with van der Waals surface area (Å²) in [6.45, 7) is 0. The zero-order chi connectivity index (χ0) is 15.4. The van der Waals surface area contributed by atoms with Crippen molar-refractivity contribution < 1.29 is 18.7 Å². The molecule has 0 aliphatic rings. The standard InChI is InChI=1S/C13H13FN4O3/c1-20-10-4-8(5-11(18-10)21-2)17-13-9(12(15)19)3-7(14)6-16-13/h3-6H,1-2H3,(H2,15,19)(H,16,17,18). The van der Waals surface area contributed by atoms with Crippen molar-refractivity contribution in [1.82, 2.24) is 9.97 Å². The van der Waals surface area contributed by atoms with E-state index in [2.05, 4.69) is 15.3 Å². The van der Waals surface area contributed by atoms with Crippen LogP contribution in [0.2, 0.25) is 0 Å². The predicted octanol–water partition coefficient (Wildman–Crippen LogP) is 1.48. The SMILES string of the molecule is COc1cc(Nc2ncc(F)cc2C(N)=O)cc(OC)n1. The Morgan fingerprint density at radius 3 is 2.38 bits per heavy atom. The third-order valence-corrected chi connectivity index (χ3v) is 2.58. The number of primary amides is 1. The van der Waals surface area contributed by atoms with Crippen LogP contribution in [0.5, 0.6) is 11.8 Å². The van der Waals surface area contributed by atoms with Crippen LogP contribution in [0.3, 0.4) is 0 Å². The minimum absolute atomic E-state index is 0.0651.